The number of carboxylic acids is 1. The molecule has 3 aliphatic carbocycles. The minimum absolute atomic E-state index is 0.0879. The predicted molar refractivity (Wildman–Crippen MR) is 179 cm³/mol. The minimum Gasteiger partial charge on any atom is -0.475 e. The summed E-state index contributed by atoms with van der Waals surface area (Å²) in [5.74, 6) is -0.124. The molecule has 256 valence electrons. The van der Waals surface area contributed by atoms with Crippen molar-refractivity contribution in [2.24, 2.45) is 28.2 Å². The van der Waals surface area contributed by atoms with Crippen LogP contribution in [0.1, 0.15) is 44.9 Å². The fourth-order valence-electron chi connectivity index (χ4n) is 6.64. The van der Waals surface area contributed by atoms with E-state index in [2.05, 4.69) is 46.4 Å². The maximum atomic E-state index is 13.2. The van der Waals surface area contributed by atoms with Crippen molar-refractivity contribution in [2.75, 3.05) is 5.32 Å². The third-order valence-electron chi connectivity index (χ3n) is 9.57. The zero-order chi connectivity index (χ0) is 34.8. The number of guanidine groups is 1. The van der Waals surface area contributed by atoms with E-state index in [4.69, 9.17) is 38.1 Å². The van der Waals surface area contributed by atoms with Crippen LogP contribution in [0.25, 0.3) is 10.9 Å². The Morgan fingerprint density at radius 3 is 2.54 bits per heavy atom. The molecule has 15 heteroatoms. The maximum absolute atomic E-state index is 13.2. The Bertz CT molecular complexity index is 1860. The van der Waals surface area contributed by atoms with Crippen molar-refractivity contribution in [1.82, 2.24) is 24.8 Å². The molecule has 7 rings (SSSR count). The molecular formula is C33H36Cl2F3N7O3. The van der Waals surface area contributed by atoms with Crippen LogP contribution in [-0.4, -0.2) is 48.8 Å². The van der Waals surface area contributed by atoms with Gasteiger partial charge in [-0.2, -0.15) is 13.2 Å². The van der Waals surface area contributed by atoms with Crippen molar-refractivity contribution < 1.29 is 23.1 Å². The number of benzene rings is 2. The SMILES string of the molecule is C[C@@H]1C(/N=C(/NCc2c[nH]cn2)Nc2ccc3c(=O)n(CCc4ccc(Cl)cc4Cl)cnc3c2)C[C@@H]2C[C@H]1C2(C)C.O=C(O)C(F)(F)F. The molecule has 3 saturated carbocycles. The van der Waals surface area contributed by atoms with Crippen LogP contribution in [0, 0.1) is 23.2 Å². The number of nitrogens with zero attached hydrogens (tertiary/aromatic N) is 4. The van der Waals surface area contributed by atoms with E-state index in [-0.39, 0.29) is 11.6 Å². The number of halogens is 5. The number of nitrogens with one attached hydrogen (secondary N) is 3. The summed E-state index contributed by atoms with van der Waals surface area (Å²) >= 11 is 12.3. The smallest absolute Gasteiger partial charge is 0.475 e. The van der Waals surface area contributed by atoms with Gasteiger partial charge in [0.15, 0.2) is 5.96 Å². The molecule has 3 aliphatic rings. The van der Waals surface area contributed by atoms with Crippen molar-refractivity contribution in [2.45, 2.75) is 65.3 Å². The summed E-state index contributed by atoms with van der Waals surface area (Å²) in [5.41, 5.74) is 3.60. The Morgan fingerprint density at radius 2 is 1.92 bits per heavy atom. The third kappa shape index (κ3) is 7.95. The Hall–Kier alpha value is -4.10. The van der Waals surface area contributed by atoms with Gasteiger partial charge < -0.3 is 20.7 Å². The van der Waals surface area contributed by atoms with Gasteiger partial charge >= 0.3 is 12.1 Å². The van der Waals surface area contributed by atoms with Gasteiger partial charge in [-0.25, -0.2) is 19.8 Å². The lowest BCUT2D eigenvalue weighted by Gasteiger charge is -2.61. The summed E-state index contributed by atoms with van der Waals surface area (Å²) in [6.45, 7) is 8.16. The highest BCUT2D eigenvalue weighted by Crippen LogP contribution is 2.61. The van der Waals surface area contributed by atoms with E-state index < -0.39 is 12.1 Å². The molecule has 0 spiro atoms. The normalized spacial score (nSPS) is 21.5. The van der Waals surface area contributed by atoms with Crippen LogP contribution in [0.5, 0.6) is 0 Å². The van der Waals surface area contributed by atoms with Gasteiger partial charge in [0.1, 0.15) is 0 Å². The number of H-pyrrole nitrogens is 1. The zero-order valence-corrected chi connectivity index (χ0v) is 28.0. The molecule has 4 atom stereocenters. The number of aliphatic carboxylic acids is 1. The molecule has 1 unspecified atom stereocenters. The predicted octanol–water partition coefficient (Wildman–Crippen LogP) is 6.93. The summed E-state index contributed by atoms with van der Waals surface area (Å²) in [6.07, 6.45) is 3.07. The van der Waals surface area contributed by atoms with E-state index in [0.29, 0.717) is 69.6 Å². The monoisotopic (exact) mass is 705 g/mol. The fourth-order valence-corrected chi connectivity index (χ4v) is 7.14. The van der Waals surface area contributed by atoms with Gasteiger partial charge in [-0.15, -0.1) is 0 Å². The van der Waals surface area contributed by atoms with Gasteiger partial charge in [0.2, 0.25) is 0 Å². The highest BCUT2D eigenvalue weighted by Gasteiger charge is 2.56. The van der Waals surface area contributed by atoms with E-state index >= 15 is 0 Å². The first kappa shape index (κ1) is 35.2. The summed E-state index contributed by atoms with van der Waals surface area (Å²) in [5, 5.41) is 15.8. The molecule has 2 heterocycles. The number of hydrogen-bond acceptors (Lipinski definition) is 5. The van der Waals surface area contributed by atoms with E-state index in [1.807, 2.05) is 30.5 Å². The number of carboxylic acid groups (broad SMARTS) is 1. The van der Waals surface area contributed by atoms with Gasteiger partial charge in [0, 0.05) is 28.5 Å². The largest absolute Gasteiger partial charge is 0.490 e. The molecule has 3 fully saturated rings. The van der Waals surface area contributed by atoms with E-state index in [0.717, 1.165) is 23.4 Å². The highest BCUT2D eigenvalue weighted by molar-refractivity contribution is 6.35. The van der Waals surface area contributed by atoms with Gasteiger partial charge in [0.25, 0.3) is 5.56 Å². The molecule has 0 amide bonds. The van der Waals surface area contributed by atoms with E-state index in [1.54, 1.807) is 29.4 Å². The Morgan fingerprint density at radius 1 is 1.17 bits per heavy atom. The van der Waals surface area contributed by atoms with Crippen molar-refractivity contribution in [3.05, 3.63) is 86.9 Å². The number of aromatic amines is 1. The highest BCUT2D eigenvalue weighted by atomic mass is 35.5. The topological polar surface area (TPSA) is 137 Å². The molecule has 4 N–H and O–H groups in total. The van der Waals surface area contributed by atoms with Gasteiger partial charge in [-0.05, 0) is 78.3 Å². The molecule has 0 saturated heterocycles. The van der Waals surface area contributed by atoms with Crippen LogP contribution in [0.3, 0.4) is 0 Å². The first-order chi connectivity index (χ1) is 22.6. The van der Waals surface area contributed by atoms with Gasteiger partial charge in [-0.1, -0.05) is 50.0 Å². The Labute approximate surface area is 284 Å². The Kier molecular flexibility index (Phi) is 10.4. The summed E-state index contributed by atoms with van der Waals surface area (Å²) in [4.78, 5) is 39.3. The lowest BCUT2D eigenvalue weighted by Crippen LogP contribution is -2.56. The van der Waals surface area contributed by atoms with Crippen molar-refractivity contribution in [1.29, 1.82) is 0 Å². The van der Waals surface area contributed by atoms with E-state index in [1.165, 1.54) is 6.42 Å². The molecule has 0 aliphatic heterocycles. The lowest BCUT2D eigenvalue weighted by molar-refractivity contribution is -0.192. The summed E-state index contributed by atoms with van der Waals surface area (Å²) < 4.78 is 33.4. The second-order valence-corrected chi connectivity index (χ2v) is 13.6. The molecule has 48 heavy (non-hydrogen) atoms. The number of rotatable bonds is 7. The van der Waals surface area contributed by atoms with Gasteiger partial charge in [0.05, 0.1) is 41.8 Å². The number of aromatic nitrogens is 4. The van der Waals surface area contributed by atoms with Crippen LogP contribution in [0.4, 0.5) is 18.9 Å². The standard InChI is InChI=1S/C31H35Cl2N7O.C2HF3O2/c1-18-25-10-20(31(25,2)3)11-27(18)39-30(35-15-23-14-34-16-36-23)38-22-6-7-24-28(13-22)37-17-40(29(24)41)9-8-19-4-5-21(32)12-26(19)33;3-2(4,5)1(6)7/h4-7,12-14,16-18,20,25,27H,8-11,15H2,1-3H3,(H,34,36)(H2,35,38,39);(H,6,7)/t18-,20-,25+,27?;/m0./s1. The average molecular weight is 707 g/mol. The number of fused-ring (bicyclic) bond motifs is 3. The molecule has 2 aromatic carbocycles. The van der Waals surface area contributed by atoms with Crippen LogP contribution in [0.15, 0.2) is 65.0 Å². The maximum Gasteiger partial charge on any atom is 0.490 e. The van der Waals surface area contributed by atoms with Crippen molar-refractivity contribution in [3.8, 4) is 0 Å². The number of aryl methyl sites for hydroxylation is 2. The summed E-state index contributed by atoms with van der Waals surface area (Å²) in [6, 6.07) is 11.3. The zero-order valence-electron chi connectivity index (χ0n) is 26.5. The van der Waals surface area contributed by atoms with Crippen molar-refractivity contribution >= 4 is 51.7 Å². The lowest BCUT2D eigenvalue weighted by atomic mass is 9.45. The quantitative estimate of drug-likeness (QED) is 0.121. The average Bonchev–Trinajstić information content (AvgIpc) is 3.55. The number of anilines is 1. The number of carbonyl (C=O) groups is 1. The van der Waals surface area contributed by atoms with Crippen LogP contribution < -0.4 is 16.2 Å². The number of alkyl halides is 3. The first-order valence-corrected chi connectivity index (χ1v) is 16.2. The molecule has 0 radical (unpaired) electrons. The van der Waals surface area contributed by atoms with Crippen molar-refractivity contribution in [3.63, 3.8) is 0 Å². The molecular weight excluding hydrogens is 670 g/mol. The van der Waals surface area contributed by atoms with Crippen LogP contribution >= 0.6 is 23.2 Å². The van der Waals surface area contributed by atoms with Gasteiger partial charge in [-0.3, -0.25) is 9.36 Å². The molecule has 2 bridgehead atoms. The summed E-state index contributed by atoms with van der Waals surface area (Å²) in [7, 11) is 0. The number of aliphatic imine (C=N–C) groups is 1. The van der Waals surface area contributed by atoms with Crippen LogP contribution in [0.2, 0.25) is 10.0 Å². The van der Waals surface area contributed by atoms with E-state index in [9.17, 15) is 18.0 Å². The fraction of sp³-hybridized carbons (Fsp3) is 0.424. The second kappa shape index (κ2) is 14.2. The second-order valence-electron chi connectivity index (χ2n) is 12.8. The van der Waals surface area contributed by atoms with Crippen LogP contribution in [-0.2, 0) is 24.3 Å². The Balaban J connectivity index is 0.000000582. The number of hydrogen-bond donors (Lipinski definition) is 4. The molecule has 4 aromatic rings. The minimum atomic E-state index is -5.08. The molecule has 10 nitrogen and oxygen atoms in total. The molecule has 2 aromatic heterocycles. The third-order valence-corrected chi connectivity index (χ3v) is 10.2. The number of imidazole rings is 1. The first-order valence-electron chi connectivity index (χ1n) is 15.4.